The average molecular weight is 595 g/mol. The first kappa shape index (κ1) is 38.1. The van der Waals surface area contributed by atoms with E-state index in [4.69, 9.17) is 9.47 Å². The van der Waals surface area contributed by atoms with Gasteiger partial charge in [-0.3, -0.25) is 14.4 Å². The summed E-state index contributed by atoms with van der Waals surface area (Å²) < 4.78 is 11.5. The third kappa shape index (κ3) is 17.9. The van der Waals surface area contributed by atoms with Gasteiger partial charge in [-0.25, -0.2) is 0 Å². The Kier molecular flexibility index (Phi) is 19.7. The molecule has 1 rings (SSSR count). The van der Waals surface area contributed by atoms with Crippen molar-refractivity contribution in [2.45, 2.75) is 156 Å². The number of amides is 2. The highest BCUT2D eigenvalue weighted by molar-refractivity contribution is 5.82. The zero-order chi connectivity index (χ0) is 31.3. The van der Waals surface area contributed by atoms with Gasteiger partial charge in [0.1, 0.15) is 6.10 Å². The van der Waals surface area contributed by atoms with E-state index in [1.54, 1.807) is 13.8 Å². The summed E-state index contributed by atoms with van der Waals surface area (Å²) in [6.07, 6.45) is 22.4. The molecule has 1 heterocycles. The van der Waals surface area contributed by atoms with Crippen LogP contribution in [0, 0.1) is 11.3 Å². The summed E-state index contributed by atoms with van der Waals surface area (Å²) >= 11 is 0. The van der Waals surface area contributed by atoms with E-state index in [1.165, 1.54) is 64.2 Å². The van der Waals surface area contributed by atoms with Crippen LogP contribution in [0.3, 0.4) is 0 Å². The average Bonchev–Trinajstić information content (AvgIpc) is 2.93. The minimum Gasteiger partial charge on any atom is -0.481 e. The Hall–Kier alpha value is -1.93. The number of carboxylic acid groups (broad SMARTS) is 1. The smallest absolute Gasteiger partial charge is 0.308 e. The Labute approximate surface area is 256 Å². The Morgan fingerprint density at radius 2 is 1.43 bits per heavy atom. The number of carboxylic acids is 1. The molecule has 2 atom stereocenters. The molecule has 1 aliphatic heterocycles. The molecule has 0 aromatic heterocycles. The summed E-state index contributed by atoms with van der Waals surface area (Å²) in [5.74, 6) is -2.73. The lowest BCUT2D eigenvalue weighted by Gasteiger charge is -2.44. The number of hydrogen-bond donors (Lipinski definition) is 3. The summed E-state index contributed by atoms with van der Waals surface area (Å²) in [7, 11) is 0. The van der Waals surface area contributed by atoms with E-state index in [1.807, 2.05) is 13.8 Å². The standard InChI is InChI=1S/C34H62N2O6/c1-6-7-8-9-10-11-12-13-14-15-16-17-18-19-20-24-29(37)35-25-22-21-23-28(32(39)40)26-36-31(38)30-33(2,3)27-41-34(4,5)42-30/h13-14,28,30H,6-12,15-27H2,1-5H3,(H,35,37)(H,36,38)(H,39,40). The first-order valence-corrected chi connectivity index (χ1v) is 16.7. The third-order valence-corrected chi connectivity index (χ3v) is 7.98. The first-order valence-electron chi connectivity index (χ1n) is 16.7. The van der Waals surface area contributed by atoms with Crippen LogP contribution < -0.4 is 10.6 Å². The van der Waals surface area contributed by atoms with Crippen molar-refractivity contribution in [2.24, 2.45) is 11.3 Å². The lowest BCUT2D eigenvalue weighted by atomic mass is 9.85. The van der Waals surface area contributed by atoms with Gasteiger partial charge in [-0.2, -0.15) is 0 Å². The van der Waals surface area contributed by atoms with E-state index in [2.05, 4.69) is 29.7 Å². The zero-order valence-electron chi connectivity index (χ0n) is 27.4. The van der Waals surface area contributed by atoms with Crippen molar-refractivity contribution >= 4 is 17.8 Å². The van der Waals surface area contributed by atoms with Gasteiger partial charge in [0.2, 0.25) is 11.8 Å². The minimum absolute atomic E-state index is 0.0488. The second-order valence-electron chi connectivity index (χ2n) is 13.1. The Morgan fingerprint density at radius 3 is 2.05 bits per heavy atom. The van der Waals surface area contributed by atoms with Gasteiger partial charge >= 0.3 is 5.97 Å². The second-order valence-corrected chi connectivity index (χ2v) is 13.1. The summed E-state index contributed by atoms with van der Waals surface area (Å²) in [6, 6.07) is 0. The number of unbranched alkanes of at least 4 members (excludes halogenated alkanes) is 12. The largest absolute Gasteiger partial charge is 0.481 e. The van der Waals surface area contributed by atoms with Gasteiger partial charge in [-0.05, 0) is 58.8 Å². The summed E-state index contributed by atoms with van der Waals surface area (Å²) in [6.45, 7) is 10.5. The molecule has 3 N–H and O–H groups in total. The highest BCUT2D eigenvalue weighted by Gasteiger charge is 2.45. The molecule has 8 heteroatoms. The molecule has 0 bridgehead atoms. The van der Waals surface area contributed by atoms with Crippen LogP contribution in [0.2, 0.25) is 0 Å². The molecule has 2 unspecified atom stereocenters. The highest BCUT2D eigenvalue weighted by atomic mass is 16.7. The van der Waals surface area contributed by atoms with E-state index in [-0.39, 0.29) is 18.4 Å². The van der Waals surface area contributed by atoms with Gasteiger partial charge in [0.25, 0.3) is 0 Å². The van der Waals surface area contributed by atoms with Crippen LogP contribution in [0.4, 0.5) is 0 Å². The van der Waals surface area contributed by atoms with Crippen LogP contribution in [0.5, 0.6) is 0 Å². The van der Waals surface area contributed by atoms with Crippen molar-refractivity contribution in [1.29, 1.82) is 0 Å². The molecule has 1 saturated heterocycles. The number of carbonyl (C=O) groups excluding carboxylic acids is 2. The fourth-order valence-corrected chi connectivity index (χ4v) is 5.14. The van der Waals surface area contributed by atoms with Crippen LogP contribution >= 0.6 is 0 Å². The van der Waals surface area contributed by atoms with E-state index in [0.29, 0.717) is 38.8 Å². The molecule has 1 fully saturated rings. The topological polar surface area (TPSA) is 114 Å². The fourth-order valence-electron chi connectivity index (χ4n) is 5.14. The molecule has 244 valence electrons. The quantitative estimate of drug-likeness (QED) is 0.0798. The maximum absolute atomic E-state index is 12.8. The Bertz CT molecular complexity index is 795. The van der Waals surface area contributed by atoms with Gasteiger partial charge in [0.05, 0.1) is 12.5 Å². The molecule has 2 amide bonds. The maximum atomic E-state index is 12.8. The molecule has 0 aromatic rings. The number of hydrogen-bond acceptors (Lipinski definition) is 5. The van der Waals surface area contributed by atoms with Crippen molar-refractivity contribution in [2.75, 3.05) is 19.7 Å². The SMILES string of the molecule is CCCCCCCCC=CCCCCCCCC(=O)NCCCCC(CNC(=O)C1OC(C)(C)OCC1(C)C)C(=O)O. The van der Waals surface area contributed by atoms with Crippen LogP contribution in [0.1, 0.15) is 144 Å². The monoisotopic (exact) mass is 594 g/mol. The highest BCUT2D eigenvalue weighted by Crippen LogP contribution is 2.34. The molecule has 42 heavy (non-hydrogen) atoms. The van der Waals surface area contributed by atoms with Crippen molar-refractivity contribution in [3.8, 4) is 0 Å². The van der Waals surface area contributed by atoms with Gasteiger partial charge in [-0.15, -0.1) is 0 Å². The molecular formula is C34H62N2O6. The van der Waals surface area contributed by atoms with Crippen molar-refractivity contribution < 1.29 is 29.0 Å². The number of ether oxygens (including phenoxy) is 2. The van der Waals surface area contributed by atoms with E-state index >= 15 is 0 Å². The number of rotatable bonds is 24. The molecule has 1 aliphatic rings. The van der Waals surface area contributed by atoms with Gasteiger partial charge < -0.3 is 25.2 Å². The number of allylic oxidation sites excluding steroid dienone is 2. The normalized spacial score (nSPS) is 18.5. The number of carbonyl (C=O) groups is 3. The van der Waals surface area contributed by atoms with Crippen LogP contribution in [-0.4, -0.2) is 54.5 Å². The van der Waals surface area contributed by atoms with Crippen LogP contribution in [0.15, 0.2) is 12.2 Å². The maximum Gasteiger partial charge on any atom is 0.308 e. The second kappa shape index (κ2) is 21.7. The molecule has 0 spiro atoms. The van der Waals surface area contributed by atoms with Crippen LogP contribution in [-0.2, 0) is 23.9 Å². The Balaban J connectivity index is 2.06. The zero-order valence-corrected chi connectivity index (χ0v) is 27.4. The molecule has 0 aliphatic carbocycles. The summed E-state index contributed by atoms with van der Waals surface area (Å²) in [4.78, 5) is 36.7. The minimum atomic E-state index is -0.934. The molecule has 0 saturated carbocycles. The summed E-state index contributed by atoms with van der Waals surface area (Å²) in [5.41, 5.74) is -0.513. The predicted molar refractivity (Wildman–Crippen MR) is 169 cm³/mol. The van der Waals surface area contributed by atoms with Crippen LogP contribution in [0.25, 0.3) is 0 Å². The third-order valence-electron chi connectivity index (χ3n) is 7.98. The molecule has 0 aromatic carbocycles. The lowest BCUT2D eigenvalue weighted by Crippen LogP contribution is -2.57. The van der Waals surface area contributed by atoms with E-state index < -0.39 is 29.2 Å². The van der Waals surface area contributed by atoms with Gasteiger partial charge in [0, 0.05) is 24.9 Å². The summed E-state index contributed by atoms with van der Waals surface area (Å²) in [5, 5.41) is 15.3. The number of aliphatic carboxylic acids is 1. The van der Waals surface area contributed by atoms with Gasteiger partial charge in [0.15, 0.2) is 5.79 Å². The Morgan fingerprint density at radius 1 is 0.833 bits per heavy atom. The van der Waals surface area contributed by atoms with E-state index in [0.717, 1.165) is 19.3 Å². The fraction of sp³-hybridized carbons (Fsp3) is 0.853. The van der Waals surface area contributed by atoms with Crippen molar-refractivity contribution in [1.82, 2.24) is 10.6 Å². The number of nitrogens with one attached hydrogen (secondary N) is 2. The molecule has 8 nitrogen and oxygen atoms in total. The molecule has 0 radical (unpaired) electrons. The van der Waals surface area contributed by atoms with Crippen molar-refractivity contribution in [3.05, 3.63) is 12.2 Å². The first-order chi connectivity index (χ1) is 20.0. The van der Waals surface area contributed by atoms with Gasteiger partial charge in [-0.1, -0.05) is 90.7 Å². The van der Waals surface area contributed by atoms with Crippen molar-refractivity contribution in [3.63, 3.8) is 0 Å². The van der Waals surface area contributed by atoms with E-state index in [9.17, 15) is 19.5 Å². The lowest BCUT2D eigenvalue weighted by molar-refractivity contribution is -0.304. The predicted octanol–water partition coefficient (Wildman–Crippen LogP) is 7.31. The molecular weight excluding hydrogens is 532 g/mol.